The van der Waals surface area contributed by atoms with Crippen LogP contribution in [-0.4, -0.2) is 59.5 Å². The summed E-state index contributed by atoms with van der Waals surface area (Å²) in [4.78, 5) is 38.1. The largest absolute Gasteiger partial charge is 0.494 e. The van der Waals surface area contributed by atoms with Crippen molar-refractivity contribution < 1.29 is 19.0 Å². The van der Waals surface area contributed by atoms with Crippen molar-refractivity contribution in [1.82, 2.24) is 14.5 Å². The van der Waals surface area contributed by atoms with Crippen LogP contribution in [0.4, 0.5) is 5.69 Å². The zero-order valence-corrected chi connectivity index (χ0v) is 28.1. The molecule has 0 aliphatic carbocycles. The summed E-state index contributed by atoms with van der Waals surface area (Å²) in [5, 5.41) is 0.946. The number of aliphatic imine (C=N–C) groups is 1. The van der Waals surface area contributed by atoms with E-state index in [1.54, 1.807) is 35.9 Å². The van der Waals surface area contributed by atoms with E-state index in [2.05, 4.69) is 4.99 Å². The second-order valence-corrected chi connectivity index (χ2v) is 12.7. The Bertz CT molecular complexity index is 2060. The van der Waals surface area contributed by atoms with Gasteiger partial charge in [0.25, 0.3) is 11.5 Å². The topological polar surface area (TPSA) is 95.2 Å². The van der Waals surface area contributed by atoms with Gasteiger partial charge < -0.3 is 19.1 Å². The van der Waals surface area contributed by atoms with Crippen molar-refractivity contribution in [2.45, 2.75) is 44.6 Å². The molecule has 0 unspecified atom stereocenters. The van der Waals surface area contributed by atoms with E-state index in [-0.39, 0.29) is 17.5 Å². The van der Waals surface area contributed by atoms with Gasteiger partial charge in [0.1, 0.15) is 11.6 Å². The molecule has 1 atom stereocenters. The SMILES string of the molecule is COc1cc2c(cc1OCCCCCCOc1ccc(-n3c(-c4ccccc4)nc4ccc(Cl)cc4c3=O)cc1)N=C[C@@H]1CCCN1C2=O. The van der Waals surface area contributed by atoms with Crippen LogP contribution in [0.15, 0.2) is 94.7 Å². The number of halogens is 1. The Morgan fingerprint density at radius 2 is 1.63 bits per heavy atom. The normalized spacial score (nSPS) is 15.2. The van der Waals surface area contributed by atoms with E-state index in [1.807, 2.05) is 71.8 Å². The summed E-state index contributed by atoms with van der Waals surface area (Å²) in [5.41, 5.74) is 3.12. The molecule has 7 rings (SSSR count). The van der Waals surface area contributed by atoms with Crippen molar-refractivity contribution in [2.75, 3.05) is 26.9 Å². The first-order valence-electron chi connectivity index (χ1n) is 16.7. The first-order chi connectivity index (χ1) is 24.0. The summed E-state index contributed by atoms with van der Waals surface area (Å²) in [6.45, 7) is 1.86. The second kappa shape index (κ2) is 14.5. The van der Waals surface area contributed by atoms with E-state index in [9.17, 15) is 9.59 Å². The molecule has 1 saturated heterocycles. The number of fused-ring (bicyclic) bond motifs is 3. The third-order valence-corrected chi connectivity index (χ3v) is 9.22. The maximum absolute atomic E-state index is 13.7. The highest BCUT2D eigenvalue weighted by molar-refractivity contribution is 6.31. The highest BCUT2D eigenvalue weighted by Crippen LogP contribution is 2.38. The number of carbonyl (C=O) groups excluding carboxylic acids is 1. The molecule has 2 aliphatic heterocycles. The van der Waals surface area contributed by atoms with Crippen molar-refractivity contribution in [3.63, 3.8) is 0 Å². The fourth-order valence-corrected chi connectivity index (χ4v) is 6.59. The fourth-order valence-electron chi connectivity index (χ4n) is 6.42. The molecule has 49 heavy (non-hydrogen) atoms. The molecule has 0 saturated carbocycles. The van der Waals surface area contributed by atoms with E-state index in [1.165, 1.54) is 0 Å². The molecule has 1 fully saturated rings. The van der Waals surface area contributed by atoms with Gasteiger partial charge in [-0.2, -0.15) is 0 Å². The monoisotopic (exact) mass is 676 g/mol. The highest BCUT2D eigenvalue weighted by Gasteiger charge is 2.32. The lowest BCUT2D eigenvalue weighted by molar-refractivity contribution is 0.0774. The molecule has 4 aromatic carbocycles. The number of benzene rings is 4. The molecule has 1 amide bonds. The number of nitrogens with zero attached hydrogens (tertiary/aromatic N) is 4. The molecule has 250 valence electrons. The van der Waals surface area contributed by atoms with E-state index in [0.29, 0.717) is 63.4 Å². The van der Waals surface area contributed by atoms with Crippen LogP contribution in [0.1, 0.15) is 48.9 Å². The number of hydrogen-bond donors (Lipinski definition) is 0. The predicted octanol–water partition coefficient (Wildman–Crippen LogP) is 8.05. The predicted molar refractivity (Wildman–Crippen MR) is 192 cm³/mol. The maximum Gasteiger partial charge on any atom is 0.266 e. The molecule has 9 nitrogen and oxygen atoms in total. The second-order valence-electron chi connectivity index (χ2n) is 12.2. The van der Waals surface area contributed by atoms with Crippen LogP contribution in [0.5, 0.6) is 17.2 Å². The van der Waals surface area contributed by atoms with Crippen LogP contribution in [0, 0.1) is 0 Å². The van der Waals surface area contributed by atoms with Crippen molar-refractivity contribution in [3.05, 3.63) is 106 Å². The minimum atomic E-state index is -0.187. The van der Waals surface area contributed by atoms with Crippen LogP contribution in [0.2, 0.25) is 5.02 Å². The van der Waals surface area contributed by atoms with Crippen LogP contribution < -0.4 is 19.8 Å². The van der Waals surface area contributed by atoms with Gasteiger partial charge in [0.05, 0.1) is 54.2 Å². The number of amides is 1. The molecule has 0 N–H and O–H groups in total. The Hall–Kier alpha value is -5.15. The van der Waals surface area contributed by atoms with Gasteiger partial charge in [-0.25, -0.2) is 4.98 Å². The van der Waals surface area contributed by atoms with Crippen LogP contribution in [0.25, 0.3) is 28.0 Å². The molecule has 2 aliphatic rings. The average molecular weight is 677 g/mol. The molecule has 1 aromatic heterocycles. The number of hydrogen-bond acceptors (Lipinski definition) is 7. The number of carbonyl (C=O) groups is 1. The maximum atomic E-state index is 13.7. The summed E-state index contributed by atoms with van der Waals surface area (Å²) in [6.07, 6.45) is 7.55. The summed E-state index contributed by atoms with van der Waals surface area (Å²) in [6, 6.07) is 26.0. The molecule has 0 bridgehead atoms. The first-order valence-corrected chi connectivity index (χ1v) is 17.1. The van der Waals surface area contributed by atoms with E-state index in [4.69, 9.17) is 30.8 Å². The quantitative estimate of drug-likeness (QED) is 0.124. The minimum Gasteiger partial charge on any atom is -0.494 e. The fraction of sp³-hybridized carbons (Fsp3) is 0.282. The number of rotatable bonds is 12. The molecule has 0 spiro atoms. The van der Waals surface area contributed by atoms with Gasteiger partial charge in [-0.15, -0.1) is 0 Å². The smallest absolute Gasteiger partial charge is 0.266 e. The van der Waals surface area contributed by atoms with Gasteiger partial charge in [0.15, 0.2) is 11.5 Å². The first kappa shape index (κ1) is 32.4. The average Bonchev–Trinajstić information content (AvgIpc) is 3.56. The van der Waals surface area contributed by atoms with E-state index >= 15 is 0 Å². The van der Waals surface area contributed by atoms with Gasteiger partial charge in [0.2, 0.25) is 0 Å². The van der Waals surface area contributed by atoms with Crippen LogP contribution >= 0.6 is 11.6 Å². The van der Waals surface area contributed by atoms with Gasteiger partial charge in [0, 0.05) is 29.4 Å². The number of aromatic nitrogens is 2. The molecule has 10 heteroatoms. The molecule has 0 radical (unpaired) electrons. The van der Waals surface area contributed by atoms with Crippen molar-refractivity contribution in [3.8, 4) is 34.3 Å². The summed E-state index contributed by atoms with van der Waals surface area (Å²) >= 11 is 6.22. The Morgan fingerprint density at radius 3 is 2.41 bits per heavy atom. The van der Waals surface area contributed by atoms with Crippen LogP contribution in [-0.2, 0) is 0 Å². The molecule has 5 aromatic rings. The van der Waals surface area contributed by atoms with Gasteiger partial charge in [-0.05, 0) is 87.1 Å². The van der Waals surface area contributed by atoms with Gasteiger partial charge in [-0.1, -0.05) is 41.9 Å². The molecular formula is C39H37ClN4O5. The van der Waals surface area contributed by atoms with Crippen molar-refractivity contribution in [2.24, 2.45) is 4.99 Å². The van der Waals surface area contributed by atoms with E-state index in [0.717, 1.165) is 56.4 Å². The Balaban J connectivity index is 0.919. The van der Waals surface area contributed by atoms with Crippen molar-refractivity contribution in [1.29, 1.82) is 0 Å². The number of ether oxygens (including phenoxy) is 3. The third kappa shape index (κ3) is 6.89. The Kier molecular flexibility index (Phi) is 9.61. The summed E-state index contributed by atoms with van der Waals surface area (Å²) in [5.74, 6) is 2.43. The van der Waals surface area contributed by atoms with E-state index < -0.39 is 0 Å². The lowest BCUT2D eigenvalue weighted by Crippen LogP contribution is -2.35. The lowest BCUT2D eigenvalue weighted by Gasteiger charge is -2.20. The highest BCUT2D eigenvalue weighted by atomic mass is 35.5. The Morgan fingerprint density at radius 1 is 0.857 bits per heavy atom. The minimum absolute atomic E-state index is 0.00123. The van der Waals surface area contributed by atoms with Gasteiger partial charge in [-0.3, -0.25) is 19.1 Å². The number of methoxy groups -OCH3 is 1. The number of unbranched alkanes of at least 4 members (excludes halogenated alkanes) is 3. The standard InChI is InChI=1S/C39H37ClN4O5/c1-47-35-23-32-34(41-25-29-12-9-19-43(29)38(32)45)24-36(35)49-21-8-3-2-7-20-48-30-16-14-28(15-17-30)44-37(26-10-5-4-6-11-26)42-33-18-13-27(40)22-31(33)39(44)46/h4-6,10-11,13-18,22-25,29H,2-3,7-9,12,19-21H2,1H3/t29-/m0/s1. The summed E-state index contributed by atoms with van der Waals surface area (Å²) in [7, 11) is 1.59. The zero-order chi connectivity index (χ0) is 33.7. The van der Waals surface area contributed by atoms with Crippen LogP contribution in [0.3, 0.4) is 0 Å². The molecule has 3 heterocycles. The summed E-state index contributed by atoms with van der Waals surface area (Å²) < 4.78 is 19.3. The Labute approximate surface area is 289 Å². The van der Waals surface area contributed by atoms with Gasteiger partial charge >= 0.3 is 0 Å². The van der Waals surface area contributed by atoms with Crippen molar-refractivity contribution >= 4 is 40.3 Å². The third-order valence-electron chi connectivity index (χ3n) is 8.98. The zero-order valence-electron chi connectivity index (χ0n) is 27.3. The molecular weight excluding hydrogens is 640 g/mol. The lowest BCUT2D eigenvalue weighted by atomic mass is 10.1.